The number of piperidine rings is 1. The van der Waals surface area contributed by atoms with Crippen molar-refractivity contribution in [2.75, 3.05) is 13.1 Å². The third-order valence-corrected chi connectivity index (χ3v) is 4.11. The lowest BCUT2D eigenvalue weighted by atomic mass is 9.97. The van der Waals surface area contributed by atoms with E-state index in [0.717, 1.165) is 29.4 Å². The van der Waals surface area contributed by atoms with Crippen LogP contribution < -0.4 is 0 Å². The smallest absolute Gasteiger partial charge is 0.340 e. The maximum atomic E-state index is 12.6. The summed E-state index contributed by atoms with van der Waals surface area (Å²) in [6.07, 6.45) is -0.00840. The minimum Gasteiger partial charge on any atom is -0.340 e. The lowest BCUT2D eigenvalue weighted by Crippen LogP contribution is -2.41. The van der Waals surface area contributed by atoms with Crippen molar-refractivity contribution in [3.63, 3.8) is 0 Å². The molecule has 0 unspecified atom stereocenters. The molecule has 1 aliphatic rings. The molecule has 3 rings (SSSR count). The molecule has 2 aromatic rings. The summed E-state index contributed by atoms with van der Waals surface area (Å²) in [6.45, 7) is 0.862. The summed E-state index contributed by atoms with van der Waals surface area (Å²) in [5.41, 5.74) is -0.995. The Morgan fingerprint density at radius 1 is 1.42 bits per heavy atom. The molecule has 130 valence electrons. The number of amides is 1. The highest BCUT2D eigenvalue weighted by molar-refractivity contribution is 5.76. The van der Waals surface area contributed by atoms with Gasteiger partial charge in [-0.1, -0.05) is 0 Å². The van der Waals surface area contributed by atoms with Crippen molar-refractivity contribution in [2.24, 2.45) is 7.05 Å². The van der Waals surface area contributed by atoms with Crippen LogP contribution in [0.15, 0.2) is 18.6 Å². The third-order valence-electron chi connectivity index (χ3n) is 4.11. The summed E-state index contributed by atoms with van der Waals surface area (Å²) in [5, 5.41) is 11.3. The van der Waals surface area contributed by atoms with Gasteiger partial charge in [-0.15, -0.1) is 10.2 Å². The molecule has 0 saturated carbocycles. The number of aryl methyl sites for hydroxylation is 1. The Bertz CT molecular complexity index is 722. The SMILES string of the molecule is Cn1cnnc1[C@@H]1CCCN(C(=O)Cn2ccc(C(F)(F)F)n2)C1. The average Bonchev–Trinajstić information content (AvgIpc) is 3.16. The van der Waals surface area contributed by atoms with Crippen LogP contribution in [0.1, 0.15) is 30.3 Å². The molecule has 0 spiro atoms. The van der Waals surface area contributed by atoms with Crippen molar-refractivity contribution in [1.29, 1.82) is 0 Å². The predicted octanol–water partition coefficient (Wildman–Crippen LogP) is 1.44. The molecule has 0 aliphatic carbocycles. The number of rotatable bonds is 3. The van der Waals surface area contributed by atoms with Crippen LogP contribution in [0.5, 0.6) is 0 Å². The molecule has 7 nitrogen and oxygen atoms in total. The quantitative estimate of drug-likeness (QED) is 0.846. The van der Waals surface area contributed by atoms with Gasteiger partial charge in [-0.3, -0.25) is 9.48 Å². The van der Waals surface area contributed by atoms with E-state index in [4.69, 9.17) is 0 Å². The molecular formula is C14H17F3N6O. The van der Waals surface area contributed by atoms with Gasteiger partial charge < -0.3 is 9.47 Å². The molecule has 1 amide bonds. The van der Waals surface area contributed by atoms with Gasteiger partial charge in [-0.2, -0.15) is 18.3 Å². The number of hydrogen-bond donors (Lipinski definition) is 0. The van der Waals surface area contributed by atoms with E-state index >= 15 is 0 Å². The van der Waals surface area contributed by atoms with Gasteiger partial charge in [0.25, 0.3) is 0 Å². The zero-order chi connectivity index (χ0) is 17.3. The van der Waals surface area contributed by atoms with Crippen molar-refractivity contribution < 1.29 is 18.0 Å². The zero-order valence-corrected chi connectivity index (χ0v) is 13.1. The molecule has 2 aromatic heterocycles. The maximum absolute atomic E-state index is 12.6. The Kier molecular flexibility index (Phi) is 4.29. The molecule has 3 heterocycles. The molecule has 0 N–H and O–H groups in total. The Balaban J connectivity index is 1.64. The maximum Gasteiger partial charge on any atom is 0.435 e. The number of likely N-dealkylation sites (tertiary alicyclic amines) is 1. The largest absolute Gasteiger partial charge is 0.435 e. The third kappa shape index (κ3) is 3.41. The van der Waals surface area contributed by atoms with Crippen LogP contribution in [0.3, 0.4) is 0 Å². The van der Waals surface area contributed by atoms with Gasteiger partial charge in [-0.25, -0.2) is 0 Å². The fourth-order valence-corrected chi connectivity index (χ4v) is 2.92. The second-order valence-corrected chi connectivity index (χ2v) is 5.88. The number of aromatic nitrogens is 5. The molecule has 24 heavy (non-hydrogen) atoms. The van der Waals surface area contributed by atoms with Crippen molar-refractivity contribution in [2.45, 2.75) is 31.5 Å². The van der Waals surface area contributed by atoms with E-state index in [1.165, 1.54) is 6.20 Å². The van der Waals surface area contributed by atoms with Gasteiger partial charge in [-0.05, 0) is 18.9 Å². The fraction of sp³-hybridized carbons (Fsp3) is 0.571. The van der Waals surface area contributed by atoms with Crippen LogP contribution in [0.4, 0.5) is 13.2 Å². The summed E-state index contributed by atoms with van der Waals surface area (Å²) in [4.78, 5) is 14.0. The number of nitrogens with zero attached hydrogens (tertiary/aromatic N) is 6. The second kappa shape index (κ2) is 6.25. The van der Waals surface area contributed by atoms with Gasteiger partial charge in [0.1, 0.15) is 18.7 Å². The number of halogens is 3. The van der Waals surface area contributed by atoms with Gasteiger partial charge in [0.15, 0.2) is 5.69 Å². The molecule has 1 saturated heterocycles. The number of alkyl halides is 3. The number of hydrogen-bond acceptors (Lipinski definition) is 4. The first-order chi connectivity index (χ1) is 11.3. The van der Waals surface area contributed by atoms with E-state index in [0.29, 0.717) is 13.1 Å². The summed E-state index contributed by atoms with van der Waals surface area (Å²) in [7, 11) is 1.85. The predicted molar refractivity (Wildman–Crippen MR) is 76.8 cm³/mol. The minimum absolute atomic E-state index is 0.0820. The van der Waals surface area contributed by atoms with Crippen LogP contribution in [0, 0.1) is 0 Å². The lowest BCUT2D eigenvalue weighted by Gasteiger charge is -2.32. The van der Waals surface area contributed by atoms with E-state index in [9.17, 15) is 18.0 Å². The first kappa shape index (κ1) is 16.5. The number of carbonyl (C=O) groups is 1. The molecule has 0 radical (unpaired) electrons. The van der Waals surface area contributed by atoms with Gasteiger partial charge >= 0.3 is 6.18 Å². The van der Waals surface area contributed by atoms with Crippen LogP contribution in [-0.2, 0) is 24.6 Å². The monoisotopic (exact) mass is 342 g/mol. The Morgan fingerprint density at radius 2 is 2.21 bits per heavy atom. The highest BCUT2D eigenvalue weighted by atomic mass is 19.4. The van der Waals surface area contributed by atoms with Crippen molar-refractivity contribution in [1.82, 2.24) is 29.4 Å². The van der Waals surface area contributed by atoms with Gasteiger partial charge in [0.2, 0.25) is 5.91 Å². The molecule has 1 atom stereocenters. The minimum atomic E-state index is -4.50. The number of carbonyl (C=O) groups excluding carboxylic acids is 1. The standard InChI is InChI=1S/C14H17F3N6O/c1-21-9-18-19-13(21)10-3-2-5-22(7-10)12(24)8-23-6-4-11(20-23)14(15,16)17/h4,6,9-10H,2-3,5,7-8H2,1H3/t10-/m1/s1. The van der Waals surface area contributed by atoms with Crippen LogP contribution in [0.25, 0.3) is 0 Å². The molecular weight excluding hydrogens is 325 g/mol. The average molecular weight is 342 g/mol. The summed E-state index contributed by atoms with van der Waals surface area (Å²) >= 11 is 0. The first-order valence-electron chi connectivity index (χ1n) is 7.57. The highest BCUT2D eigenvalue weighted by Crippen LogP contribution is 2.27. The molecule has 0 bridgehead atoms. The first-order valence-corrected chi connectivity index (χ1v) is 7.57. The van der Waals surface area contributed by atoms with E-state index in [2.05, 4.69) is 15.3 Å². The normalized spacial score (nSPS) is 18.8. The molecule has 0 aromatic carbocycles. The Hall–Kier alpha value is -2.39. The second-order valence-electron chi connectivity index (χ2n) is 5.88. The summed E-state index contributed by atoms with van der Waals surface area (Å²) < 4.78 is 40.5. The summed E-state index contributed by atoms with van der Waals surface area (Å²) in [6, 6.07) is 0.867. The zero-order valence-electron chi connectivity index (χ0n) is 13.1. The van der Waals surface area contributed by atoms with E-state index < -0.39 is 11.9 Å². The lowest BCUT2D eigenvalue weighted by molar-refractivity contribution is -0.142. The van der Waals surface area contributed by atoms with E-state index in [1.807, 2.05) is 11.6 Å². The van der Waals surface area contributed by atoms with Gasteiger partial charge in [0, 0.05) is 32.3 Å². The van der Waals surface area contributed by atoms with Gasteiger partial charge in [0.05, 0.1) is 0 Å². The molecule has 1 fully saturated rings. The van der Waals surface area contributed by atoms with Crippen LogP contribution in [0.2, 0.25) is 0 Å². The Morgan fingerprint density at radius 3 is 2.83 bits per heavy atom. The van der Waals surface area contributed by atoms with Crippen molar-refractivity contribution in [3.8, 4) is 0 Å². The summed E-state index contributed by atoms with van der Waals surface area (Å²) in [5.74, 6) is 0.642. The van der Waals surface area contributed by atoms with E-state index in [-0.39, 0.29) is 18.4 Å². The molecule has 1 aliphatic heterocycles. The van der Waals surface area contributed by atoms with Crippen molar-refractivity contribution in [3.05, 3.63) is 30.1 Å². The fourth-order valence-electron chi connectivity index (χ4n) is 2.92. The van der Waals surface area contributed by atoms with Crippen molar-refractivity contribution >= 4 is 5.91 Å². The van der Waals surface area contributed by atoms with Crippen LogP contribution >= 0.6 is 0 Å². The highest BCUT2D eigenvalue weighted by Gasteiger charge is 2.34. The van der Waals surface area contributed by atoms with E-state index in [1.54, 1.807) is 11.2 Å². The van der Waals surface area contributed by atoms with Crippen LogP contribution in [-0.4, -0.2) is 48.4 Å². The topological polar surface area (TPSA) is 68.8 Å². The Labute approximate surface area is 136 Å². The molecule has 10 heteroatoms.